The molecule has 0 aromatic carbocycles. The quantitative estimate of drug-likeness (QED) is 0.516. The number of carbonyl (C=O) groups excluding carboxylic acids is 1. The Morgan fingerprint density at radius 3 is 2.67 bits per heavy atom. The van der Waals surface area contributed by atoms with E-state index in [9.17, 15) is 4.79 Å². The van der Waals surface area contributed by atoms with Gasteiger partial charge in [-0.1, -0.05) is 11.6 Å². The van der Waals surface area contributed by atoms with Crippen LogP contribution in [0.15, 0.2) is 9.98 Å². The van der Waals surface area contributed by atoms with E-state index in [1.54, 1.807) is 0 Å². The number of rotatable bonds is 0. The van der Waals surface area contributed by atoms with Crippen molar-refractivity contribution in [3.05, 3.63) is 0 Å². The fourth-order valence-corrected chi connectivity index (χ4v) is 0.682. The zero-order valence-corrected chi connectivity index (χ0v) is 5.22. The number of halogens is 1. The summed E-state index contributed by atoms with van der Waals surface area (Å²) in [5.41, 5.74) is 5.07. The molecule has 4 nitrogen and oxygen atoms in total. The molecule has 0 bridgehead atoms. The van der Waals surface area contributed by atoms with Crippen LogP contribution in [-0.2, 0) is 4.79 Å². The standard InChI is InChI=1S/C4H4ClN3O/c5-2-1-3(9)8-4(6)7-2/h1H2,(H2,6,8,9). The van der Waals surface area contributed by atoms with Gasteiger partial charge < -0.3 is 5.73 Å². The number of aliphatic imine (C=N–C) groups is 2. The number of nitrogens with two attached hydrogens (primary N) is 1. The number of amides is 1. The van der Waals surface area contributed by atoms with Crippen LogP contribution in [-0.4, -0.2) is 17.0 Å². The maximum Gasteiger partial charge on any atom is 0.255 e. The van der Waals surface area contributed by atoms with E-state index in [1.807, 2.05) is 0 Å². The van der Waals surface area contributed by atoms with Gasteiger partial charge in [0.1, 0.15) is 5.17 Å². The van der Waals surface area contributed by atoms with Crippen molar-refractivity contribution in [1.29, 1.82) is 0 Å². The van der Waals surface area contributed by atoms with Crippen molar-refractivity contribution in [3.8, 4) is 0 Å². The molecule has 0 aromatic rings. The summed E-state index contributed by atoms with van der Waals surface area (Å²) in [5.74, 6) is -0.399. The van der Waals surface area contributed by atoms with Gasteiger partial charge in [-0.2, -0.15) is 4.99 Å². The summed E-state index contributed by atoms with van der Waals surface area (Å²) in [4.78, 5) is 17.3. The van der Waals surface area contributed by atoms with Gasteiger partial charge in [-0.15, -0.1) is 0 Å². The lowest BCUT2D eigenvalue weighted by Gasteiger charge is -1.99. The summed E-state index contributed by atoms with van der Waals surface area (Å²) in [6.45, 7) is 0. The molecular weight excluding hydrogens is 142 g/mol. The lowest BCUT2D eigenvalue weighted by Crippen LogP contribution is -2.18. The lowest BCUT2D eigenvalue weighted by atomic mass is 10.4. The molecule has 1 aliphatic rings. The van der Waals surface area contributed by atoms with Crippen molar-refractivity contribution >= 4 is 28.6 Å². The molecule has 0 aromatic heterocycles. The van der Waals surface area contributed by atoms with Gasteiger partial charge in [0.05, 0.1) is 6.42 Å². The van der Waals surface area contributed by atoms with Crippen LogP contribution in [0.2, 0.25) is 0 Å². The molecule has 0 unspecified atom stereocenters. The normalized spacial score (nSPS) is 19.0. The number of guanidine groups is 1. The fourth-order valence-electron chi connectivity index (χ4n) is 0.481. The predicted octanol–water partition coefficient (Wildman–Crippen LogP) is -0.131. The van der Waals surface area contributed by atoms with E-state index in [0.717, 1.165) is 0 Å². The van der Waals surface area contributed by atoms with E-state index < -0.39 is 0 Å². The van der Waals surface area contributed by atoms with Crippen molar-refractivity contribution in [1.82, 2.24) is 0 Å². The smallest absolute Gasteiger partial charge is 0.255 e. The van der Waals surface area contributed by atoms with Crippen LogP contribution in [0.25, 0.3) is 0 Å². The summed E-state index contributed by atoms with van der Waals surface area (Å²) in [5, 5.41) is 0.201. The van der Waals surface area contributed by atoms with Gasteiger partial charge in [-0.25, -0.2) is 4.99 Å². The summed E-state index contributed by atoms with van der Waals surface area (Å²) in [6.07, 6.45) is 0.0717. The molecule has 0 fully saturated rings. The van der Waals surface area contributed by atoms with Crippen molar-refractivity contribution < 1.29 is 4.79 Å². The fraction of sp³-hybridized carbons (Fsp3) is 0.250. The number of hydrogen-bond donors (Lipinski definition) is 1. The molecule has 0 saturated carbocycles. The first kappa shape index (κ1) is 6.22. The van der Waals surface area contributed by atoms with Gasteiger partial charge >= 0.3 is 0 Å². The predicted molar refractivity (Wildman–Crippen MR) is 34.5 cm³/mol. The third-order valence-corrected chi connectivity index (χ3v) is 0.990. The first-order valence-corrected chi connectivity index (χ1v) is 2.66. The van der Waals surface area contributed by atoms with Gasteiger partial charge in [0.15, 0.2) is 0 Å². The zero-order valence-electron chi connectivity index (χ0n) is 4.47. The Morgan fingerprint density at radius 1 is 1.56 bits per heavy atom. The maximum atomic E-state index is 10.5. The number of nitrogens with zero attached hydrogens (tertiary/aromatic N) is 2. The average molecular weight is 146 g/mol. The first-order valence-electron chi connectivity index (χ1n) is 2.28. The second kappa shape index (κ2) is 2.14. The van der Waals surface area contributed by atoms with E-state index in [1.165, 1.54) is 0 Å². The first-order chi connectivity index (χ1) is 4.18. The van der Waals surface area contributed by atoms with Crippen molar-refractivity contribution in [2.24, 2.45) is 15.7 Å². The van der Waals surface area contributed by atoms with E-state index in [0.29, 0.717) is 0 Å². The Morgan fingerprint density at radius 2 is 2.22 bits per heavy atom. The minimum Gasteiger partial charge on any atom is -0.368 e. The van der Waals surface area contributed by atoms with Gasteiger partial charge in [-0.3, -0.25) is 4.79 Å². The monoisotopic (exact) mass is 145 g/mol. The molecule has 0 saturated heterocycles. The molecule has 0 spiro atoms. The van der Waals surface area contributed by atoms with Crippen LogP contribution < -0.4 is 5.73 Å². The molecule has 1 rings (SSSR count). The highest BCUT2D eigenvalue weighted by Gasteiger charge is 2.10. The Kier molecular flexibility index (Phi) is 1.48. The molecule has 1 amide bonds. The molecule has 5 heteroatoms. The number of carbonyl (C=O) groups is 1. The molecule has 0 atom stereocenters. The Bertz CT molecular complexity index is 208. The number of hydrogen-bond acceptors (Lipinski definition) is 3. The molecule has 0 aliphatic carbocycles. The summed E-state index contributed by atoms with van der Waals surface area (Å²) in [7, 11) is 0. The summed E-state index contributed by atoms with van der Waals surface area (Å²) in [6, 6.07) is 0. The average Bonchev–Trinajstić information content (AvgIpc) is 1.59. The van der Waals surface area contributed by atoms with Crippen LogP contribution in [0.4, 0.5) is 0 Å². The van der Waals surface area contributed by atoms with E-state index in [4.69, 9.17) is 17.3 Å². The molecule has 0 radical (unpaired) electrons. The SMILES string of the molecule is NC1=NC(=O)CC(Cl)=N1. The van der Waals surface area contributed by atoms with E-state index in [-0.39, 0.29) is 23.5 Å². The van der Waals surface area contributed by atoms with Crippen molar-refractivity contribution in [3.63, 3.8) is 0 Å². The van der Waals surface area contributed by atoms with Crippen molar-refractivity contribution in [2.75, 3.05) is 0 Å². The minimum absolute atomic E-state index is 0.0590. The van der Waals surface area contributed by atoms with Crippen LogP contribution in [0, 0.1) is 0 Å². The van der Waals surface area contributed by atoms with E-state index in [2.05, 4.69) is 9.98 Å². The third-order valence-electron chi connectivity index (χ3n) is 0.772. The molecule has 1 aliphatic heterocycles. The van der Waals surface area contributed by atoms with Crippen LogP contribution in [0.5, 0.6) is 0 Å². The van der Waals surface area contributed by atoms with E-state index >= 15 is 0 Å². The zero-order chi connectivity index (χ0) is 6.85. The van der Waals surface area contributed by atoms with Crippen LogP contribution in [0.1, 0.15) is 6.42 Å². The summed E-state index contributed by atoms with van der Waals surface area (Å²) < 4.78 is 0. The van der Waals surface area contributed by atoms with Gasteiger partial charge in [0, 0.05) is 0 Å². The van der Waals surface area contributed by atoms with Crippen LogP contribution >= 0.6 is 11.6 Å². The molecular formula is C4H4ClN3O. The Balaban J connectivity index is 2.86. The second-order valence-electron chi connectivity index (χ2n) is 1.53. The highest BCUT2D eigenvalue weighted by molar-refractivity contribution is 6.68. The topological polar surface area (TPSA) is 67.8 Å². The largest absolute Gasteiger partial charge is 0.368 e. The maximum absolute atomic E-state index is 10.5. The van der Waals surface area contributed by atoms with Gasteiger partial charge in [0.25, 0.3) is 5.91 Å². The molecule has 2 N–H and O–H groups in total. The third kappa shape index (κ3) is 1.50. The van der Waals surface area contributed by atoms with Crippen molar-refractivity contribution in [2.45, 2.75) is 6.42 Å². The van der Waals surface area contributed by atoms with Crippen LogP contribution in [0.3, 0.4) is 0 Å². The Labute approximate surface area is 56.4 Å². The molecule has 1 heterocycles. The molecule has 48 valence electrons. The Hall–Kier alpha value is -0.900. The second-order valence-corrected chi connectivity index (χ2v) is 1.96. The van der Waals surface area contributed by atoms with Gasteiger partial charge in [-0.05, 0) is 0 Å². The lowest BCUT2D eigenvalue weighted by molar-refractivity contribution is -0.116. The minimum atomic E-state index is -0.340. The van der Waals surface area contributed by atoms with Gasteiger partial charge in [0.2, 0.25) is 5.96 Å². The highest BCUT2D eigenvalue weighted by atomic mass is 35.5. The molecule has 9 heavy (non-hydrogen) atoms. The highest BCUT2D eigenvalue weighted by Crippen LogP contribution is 2.00. The summed E-state index contributed by atoms with van der Waals surface area (Å²) >= 11 is 5.37.